The van der Waals surface area contributed by atoms with Gasteiger partial charge in [0.15, 0.2) is 16.6 Å². The molecule has 1 N–H and O–H groups in total. The van der Waals surface area contributed by atoms with Crippen molar-refractivity contribution in [2.24, 2.45) is 0 Å². The summed E-state index contributed by atoms with van der Waals surface area (Å²) in [6.45, 7) is 3.74. The van der Waals surface area contributed by atoms with Crippen LogP contribution in [0.3, 0.4) is 0 Å². The highest BCUT2D eigenvalue weighted by Gasteiger charge is 2.48. The number of amides is 1. The van der Waals surface area contributed by atoms with Crippen molar-refractivity contribution in [1.82, 2.24) is 4.98 Å². The highest BCUT2D eigenvalue weighted by atomic mass is 32.1. The minimum Gasteiger partial charge on any atom is -0.507 e. The van der Waals surface area contributed by atoms with Gasteiger partial charge in [-0.1, -0.05) is 6.07 Å². The van der Waals surface area contributed by atoms with Crippen LogP contribution in [0.25, 0.3) is 5.76 Å². The average Bonchev–Trinajstić information content (AvgIpc) is 3.32. The molecule has 2 aromatic carbocycles. The molecule has 4 rings (SSSR count). The number of nitrogens with zero attached hydrogens (tertiary/aromatic N) is 2. The summed E-state index contributed by atoms with van der Waals surface area (Å²) in [6, 6.07) is 10.8. The highest BCUT2D eigenvalue weighted by Crippen LogP contribution is 2.45. The van der Waals surface area contributed by atoms with Crippen LogP contribution < -0.4 is 19.1 Å². The quantitative estimate of drug-likeness (QED) is 0.317. The molecule has 0 radical (unpaired) electrons. The Bertz CT molecular complexity index is 1280. The number of aliphatic hydroxyl groups is 1. The molecule has 0 aliphatic carbocycles. The molecule has 34 heavy (non-hydrogen) atoms. The van der Waals surface area contributed by atoms with Gasteiger partial charge in [-0.15, -0.1) is 11.3 Å². The van der Waals surface area contributed by atoms with Crippen LogP contribution in [0.15, 0.2) is 48.0 Å². The van der Waals surface area contributed by atoms with Crippen LogP contribution in [0.4, 0.5) is 5.13 Å². The average molecular weight is 481 g/mol. The minimum atomic E-state index is -0.910. The molecule has 9 heteroatoms. The Balaban J connectivity index is 1.95. The first-order valence-corrected chi connectivity index (χ1v) is 11.2. The second kappa shape index (κ2) is 9.18. The first-order valence-electron chi connectivity index (χ1n) is 10.4. The van der Waals surface area contributed by atoms with E-state index in [1.54, 1.807) is 42.5 Å². The Labute approximate surface area is 201 Å². The molecule has 1 saturated heterocycles. The zero-order valence-corrected chi connectivity index (χ0v) is 20.2. The fraction of sp³-hybridized carbons (Fsp3) is 0.240. The minimum absolute atomic E-state index is 0.0344. The first-order chi connectivity index (χ1) is 16.3. The van der Waals surface area contributed by atoms with E-state index in [-0.39, 0.29) is 11.3 Å². The molecule has 2 heterocycles. The summed E-state index contributed by atoms with van der Waals surface area (Å²) in [5.74, 6) is -0.307. The van der Waals surface area contributed by atoms with Gasteiger partial charge in [-0.2, -0.15) is 0 Å². The predicted octanol–water partition coefficient (Wildman–Crippen LogP) is 4.41. The van der Waals surface area contributed by atoms with E-state index in [1.807, 2.05) is 13.8 Å². The molecule has 1 amide bonds. The molecule has 1 aliphatic heterocycles. The van der Waals surface area contributed by atoms with Crippen LogP contribution in [-0.4, -0.2) is 43.1 Å². The third kappa shape index (κ3) is 3.88. The van der Waals surface area contributed by atoms with Gasteiger partial charge in [0.05, 0.1) is 38.6 Å². The molecule has 176 valence electrons. The van der Waals surface area contributed by atoms with E-state index in [9.17, 15) is 14.7 Å². The summed E-state index contributed by atoms with van der Waals surface area (Å²) in [4.78, 5) is 33.3. The summed E-state index contributed by atoms with van der Waals surface area (Å²) < 4.78 is 16.0. The second-order valence-corrected chi connectivity index (χ2v) is 8.83. The van der Waals surface area contributed by atoms with E-state index in [2.05, 4.69) is 4.98 Å². The van der Waals surface area contributed by atoms with Crippen LogP contribution in [0.5, 0.6) is 17.2 Å². The second-order valence-electron chi connectivity index (χ2n) is 7.65. The molecule has 8 nitrogen and oxygen atoms in total. The maximum Gasteiger partial charge on any atom is 0.301 e. The number of aryl methyl sites for hydroxylation is 2. The number of carbonyl (C=O) groups is 2. The van der Waals surface area contributed by atoms with Crippen molar-refractivity contribution in [2.75, 3.05) is 26.2 Å². The fourth-order valence-corrected chi connectivity index (χ4v) is 4.77. The number of aliphatic hydroxyl groups excluding tert-OH is 1. The van der Waals surface area contributed by atoms with Gasteiger partial charge in [-0.05, 0) is 55.8 Å². The molecule has 1 atom stereocenters. The monoisotopic (exact) mass is 480 g/mol. The van der Waals surface area contributed by atoms with Gasteiger partial charge in [0.2, 0.25) is 0 Å². The Morgan fingerprint density at radius 1 is 0.971 bits per heavy atom. The van der Waals surface area contributed by atoms with Crippen LogP contribution in [-0.2, 0) is 9.59 Å². The van der Waals surface area contributed by atoms with Gasteiger partial charge in [0.25, 0.3) is 5.78 Å². The van der Waals surface area contributed by atoms with Gasteiger partial charge in [-0.3, -0.25) is 14.5 Å². The van der Waals surface area contributed by atoms with Gasteiger partial charge in [0.1, 0.15) is 11.5 Å². The molecule has 0 bridgehead atoms. The van der Waals surface area contributed by atoms with E-state index in [1.165, 1.54) is 37.6 Å². The number of anilines is 1. The van der Waals surface area contributed by atoms with Gasteiger partial charge in [0, 0.05) is 10.4 Å². The number of benzene rings is 2. The lowest BCUT2D eigenvalue weighted by molar-refractivity contribution is -0.132. The van der Waals surface area contributed by atoms with Crippen LogP contribution >= 0.6 is 11.3 Å². The molecule has 0 saturated carbocycles. The number of ketones is 1. The van der Waals surface area contributed by atoms with Crippen LogP contribution in [0, 0.1) is 13.8 Å². The molecular weight excluding hydrogens is 456 g/mol. The maximum absolute atomic E-state index is 13.3. The van der Waals surface area contributed by atoms with E-state index in [0.29, 0.717) is 33.5 Å². The zero-order chi connectivity index (χ0) is 24.6. The summed E-state index contributed by atoms with van der Waals surface area (Å²) >= 11 is 1.31. The number of ether oxygens (including phenoxy) is 3. The van der Waals surface area contributed by atoms with Crippen molar-refractivity contribution >= 4 is 33.9 Å². The summed E-state index contributed by atoms with van der Waals surface area (Å²) in [5.41, 5.74) is 1.68. The van der Waals surface area contributed by atoms with Crippen molar-refractivity contribution in [2.45, 2.75) is 19.9 Å². The molecule has 3 aromatic rings. The molecule has 0 unspecified atom stereocenters. The molecule has 1 aliphatic rings. The van der Waals surface area contributed by atoms with Gasteiger partial charge < -0.3 is 19.3 Å². The summed E-state index contributed by atoms with van der Waals surface area (Å²) in [5, 5.41) is 11.6. The lowest BCUT2D eigenvalue weighted by atomic mass is 9.95. The Hall–Kier alpha value is -3.85. The SMILES string of the molecule is COc1ccc(/C(O)=C2\C(=O)C(=O)N(c3nc(C)c(C)s3)[C@@H]2c2ccc(OC)c(OC)c2)cc1. The van der Waals surface area contributed by atoms with Crippen molar-refractivity contribution in [3.63, 3.8) is 0 Å². The van der Waals surface area contributed by atoms with Crippen molar-refractivity contribution in [1.29, 1.82) is 0 Å². The van der Waals surface area contributed by atoms with E-state index < -0.39 is 17.7 Å². The first kappa shape index (κ1) is 23.3. The van der Waals surface area contributed by atoms with Gasteiger partial charge in [-0.25, -0.2) is 4.98 Å². The lowest BCUT2D eigenvalue weighted by Crippen LogP contribution is -2.29. The number of hydrogen-bond acceptors (Lipinski definition) is 8. The van der Waals surface area contributed by atoms with E-state index >= 15 is 0 Å². The van der Waals surface area contributed by atoms with Crippen molar-refractivity contribution in [3.8, 4) is 17.2 Å². The van der Waals surface area contributed by atoms with Gasteiger partial charge >= 0.3 is 5.91 Å². The predicted molar refractivity (Wildman–Crippen MR) is 129 cm³/mol. The molecule has 1 fully saturated rings. The Morgan fingerprint density at radius 2 is 1.65 bits per heavy atom. The number of rotatable bonds is 6. The van der Waals surface area contributed by atoms with E-state index in [0.717, 1.165) is 10.6 Å². The highest BCUT2D eigenvalue weighted by molar-refractivity contribution is 7.16. The summed E-state index contributed by atoms with van der Waals surface area (Å²) in [7, 11) is 4.56. The third-order valence-corrected chi connectivity index (χ3v) is 6.83. The molecule has 1 aromatic heterocycles. The standard InChI is InChI=1S/C25H24N2O6S/c1-13-14(2)34-25(26-13)27-21(16-8-11-18(32-4)19(12-16)33-5)20(23(29)24(27)30)22(28)15-6-9-17(31-3)10-7-15/h6-12,21,28H,1-5H3/b22-20+/t21-/m1/s1. The van der Waals surface area contributed by atoms with Crippen LogP contribution in [0.1, 0.15) is 27.7 Å². The van der Waals surface area contributed by atoms with Crippen LogP contribution in [0.2, 0.25) is 0 Å². The number of aromatic nitrogens is 1. The van der Waals surface area contributed by atoms with Crippen molar-refractivity contribution in [3.05, 3.63) is 69.7 Å². The normalized spacial score (nSPS) is 17.2. The zero-order valence-electron chi connectivity index (χ0n) is 19.4. The number of hydrogen-bond donors (Lipinski definition) is 1. The Kier molecular flexibility index (Phi) is 6.30. The largest absolute Gasteiger partial charge is 0.507 e. The third-order valence-electron chi connectivity index (χ3n) is 5.75. The van der Waals surface area contributed by atoms with Crippen molar-refractivity contribution < 1.29 is 28.9 Å². The fourth-order valence-electron chi connectivity index (χ4n) is 3.83. The van der Waals surface area contributed by atoms with E-state index in [4.69, 9.17) is 14.2 Å². The number of methoxy groups -OCH3 is 3. The molecule has 0 spiro atoms. The number of carbonyl (C=O) groups excluding carboxylic acids is 2. The summed E-state index contributed by atoms with van der Waals surface area (Å²) in [6.07, 6.45) is 0. The number of thiazole rings is 1. The smallest absolute Gasteiger partial charge is 0.301 e. The Morgan fingerprint density at radius 3 is 2.21 bits per heavy atom. The topological polar surface area (TPSA) is 98.2 Å². The lowest BCUT2D eigenvalue weighted by Gasteiger charge is -2.23. The maximum atomic E-state index is 13.3. The molecular formula is C25H24N2O6S. The number of Topliss-reactive ketones (excluding diaryl/α,β-unsaturated/α-hetero) is 1.